The molecule has 1 aromatic carbocycles. The fraction of sp³-hybridized carbons (Fsp3) is 0.471. The number of carbonyl (C=O) groups excluding carboxylic acids is 1. The molecule has 1 spiro atoms. The summed E-state index contributed by atoms with van der Waals surface area (Å²) in [6.07, 6.45) is 2.08. The molecule has 1 atom stereocenters. The molecule has 0 N–H and O–H groups in total. The highest BCUT2D eigenvalue weighted by Gasteiger charge is 2.54. The van der Waals surface area contributed by atoms with E-state index >= 15 is 0 Å². The van der Waals surface area contributed by atoms with Crippen LogP contribution >= 0.6 is 23.5 Å². The third-order valence-electron chi connectivity index (χ3n) is 5.19. The lowest BCUT2D eigenvalue weighted by molar-refractivity contribution is -0.136. The molecule has 22 heavy (non-hydrogen) atoms. The van der Waals surface area contributed by atoms with Crippen LogP contribution < -0.4 is 0 Å². The quantitative estimate of drug-likeness (QED) is 0.682. The van der Waals surface area contributed by atoms with E-state index in [9.17, 15) is 4.79 Å². The third-order valence-corrected chi connectivity index (χ3v) is 8.64. The first kappa shape index (κ1) is 13.4. The lowest BCUT2D eigenvalue weighted by Crippen LogP contribution is -2.45. The molecule has 4 aliphatic rings. The van der Waals surface area contributed by atoms with Gasteiger partial charge in [-0.15, -0.1) is 23.5 Å². The predicted molar refractivity (Wildman–Crippen MR) is 89.8 cm³/mol. The van der Waals surface area contributed by atoms with Crippen LogP contribution in [0.2, 0.25) is 0 Å². The zero-order chi connectivity index (χ0) is 14.7. The van der Waals surface area contributed by atoms with E-state index in [-0.39, 0.29) is 10.0 Å². The Kier molecular flexibility index (Phi) is 2.87. The number of benzene rings is 1. The number of rotatable bonds is 0. The van der Waals surface area contributed by atoms with E-state index in [1.165, 1.54) is 11.1 Å². The molecule has 4 heterocycles. The zero-order valence-electron chi connectivity index (χ0n) is 12.2. The van der Waals surface area contributed by atoms with E-state index in [1.54, 1.807) is 0 Å². The second kappa shape index (κ2) is 4.71. The normalized spacial score (nSPS) is 28.5. The van der Waals surface area contributed by atoms with Crippen molar-refractivity contribution in [3.8, 4) is 0 Å². The maximum atomic E-state index is 12.4. The number of fused-ring (bicyclic) bond motifs is 5. The van der Waals surface area contributed by atoms with Crippen LogP contribution in [0.4, 0.5) is 0 Å². The monoisotopic (exact) mass is 331 g/mol. The first-order valence-electron chi connectivity index (χ1n) is 7.82. The average Bonchev–Trinajstić information content (AvgIpc) is 3.16. The number of ether oxygens (including phenoxy) is 1. The van der Waals surface area contributed by atoms with Crippen molar-refractivity contribution in [1.29, 1.82) is 0 Å². The van der Waals surface area contributed by atoms with Gasteiger partial charge in [0.1, 0.15) is 6.61 Å². The molecule has 0 saturated carbocycles. The Morgan fingerprint density at radius 2 is 2.05 bits per heavy atom. The molecule has 114 valence electrons. The van der Waals surface area contributed by atoms with Gasteiger partial charge in [-0.05, 0) is 17.5 Å². The highest BCUT2D eigenvalue weighted by molar-refractivity contribution is 8.21. The van der Waals surface area contributed by atoms with Crippen LogP contribution in [0.15, 0.2) is 35.5 Å². The number of carbonyl (C=O) groups is 1. The van der Waals surface area contributed by atoms with Gasteiger partial charge in [-0.3, -0.25) is 0 Å². The summed E-state index contributed by atoms with van der Waals surface area (Å²) in [5, 5.41) is 0. The lowest BCUT2D eigenvalue weighted by atomic mass is 9.85. The van der Waals surface area contributed by atoms with Crippen molar-refractivity contribution in [1.82, 2.24) is 4.90 Å². The van der Waals surface area contributed by atoms with Gasteiger partial charge in [0.05, 0.1) is 21.4 Å². The molecule has 0 amide bonds. The summed E-state index contributed by atoms with van der Waals surface area (Å²) in [7, 11) is 0. The fourth-order valence-corrected chi connectivity index (χ4v) is 7.67. The van der Waals surface area contributed by atoms with Gasteiger partial charge < -0.3 is 9.64 Å². The Morgan fingerprint density at radius 1 is 1.23 bits per heavy atom. The van der Waals surface area contributed by atoms with Crippen LogP contribution in [0.3, 0.4) is 0 Å². The number of hydrogen-bond donors (Lipinski definition) is 0. The molecule has 5 rings (SSSR count). The largest absolute Gasteiger partial charge is 0.456 e. The molecule has 1 unspecified atom stereocenters. The van der Waals surface area contributed by atoms with Gasteiger partial charge in [0.15, 0.2) is 0 Å². The minimum atomic E-state index is -0.0749. The second-order valence-electron chi connectivity index (χ2n) is 6.21. The van der Waals surface area contributed by atoms with E-state index in [0.29, 0.717) is 12.6 Å². The maximum absolute atomic E-state index is 12.4. The van der Waals surface area contributed by atoms with Crippen molar-refractivity contribution >= 4 is 29.5 Å². The summed E-state index contributed by atoms with van der Waals surface area (Å²) in [4.78, 5) is 14.8. The zero-order valence-corrected chi connectivity index (χ0v) is 13.8. The molecule has 3 nitrogen and oxygen atoms in total. The van der Waals surface area contributed by atoms with Gasteiger partial charge in [0, 0.05) is 24.5 Å². The van der Waals surface area contributed by atoms with E-state index in [4.69, 9.17) is 4.74 Å². The minimum absolute atomic E-state index is 0.0748. The number of esters is 1. The first-order chi connectivity index (χ1) is 10.8. The summed E-state index contributed by atoms with van der Waals surface area (Å²) >= 11 is 3.91. The Bertz CT molecular complexity index is 694. The van der Waals surface area contributed by atoms with Gasteiger partial charge in [-0.25, -0.2) is 4.79 Å². The second-order valence-corrected chi connectivity index (χ2v) is 9.26. The molecule has 0 bridgehead atoms. The number of hydrogen-bond acceptors (Lipinski definition) is 5. The standard InChI is InChI=1S/C17H17NO2S2/c19-16-15-14(10-20-16)18-6-5-11-3-1-2-4-12(11)13(18)9-17(15)21-7-8-22-17/h1-4,13H,5-10H2. The van der Waals surface area contributed by atoms with Crippen LogP contribution in [0.1, 0.15) is 23.6 Å². The molecule has 0 aliphatic carbocycles. The molecule has 0 radical (unpaired) electrons. The van der Waals surface area contributed by atoms with Crippen LogP contribution in [0, 0.1) is 0 Å². The van der Waals surface area contributed by atoms with E-state index in [0.717, 1.165) is 42.2 Å². The molecule has 5 heteroatoms. The van der Waals surface area contributed by atoms with Crippen LogP contribution in [-0.2, 0) is 16.0 Å². The molecule has 1 aromatic rings. The summed E-state index contributed by atoms with van der Waals surface area (Å²) in [6, 6.07) is 9.21. The number of thioether (sulfide) groups is 2. The molecular formula is C17H17NO2S2. The van der Waals surface area contributed by atoms with Gasteiger partial charge in [0.25, 0.3) is 0 Å². The molecule has 4 aliphatic heterocycles. The van der Waals surface area contributed by atoms with Crippen molar-refractivity contribution in [2.75, 3.05) is 24.7 Å². The highest BCUT2D eigenvalue weighted by atomic mass is 32.2. The van der Waals surface area contributed by atoms with Gasteiger partial charge in [0.2, 0.25) is 0 Å². The van der Waals surface area contributed by atoms with Crippen molar-refractivity contribution in [3.05, 3.63) is 46.7 Å². The van der Waals surface area contributed by atoms with Gasteiger partial charge in [-0.2, -0.15) is 0 Å². The molecule has 1 saturated heterocycles. The average molecular weight is 331 g/mol. The molecule has 1 fully saturated rings. The SMILES string of the molecule is O=C1OCC2=C1C1(CC3c4ccccc4CCN23)SCCS1. The predicted octanol–water partition coefficient (Wildman–Crippen LogP) is 2.98. The summed E-state index contributed by atoms with van der Waals surface area (Å²) in [5.41, 5.74) is 5.06. The molecular weight excluding hydrogens is 314 g/mol. The lowest BCUT2D eigenvalue weighted by Gasteiger charge is -2.47. The minimum Gasteiger partial charge on any atom is -0.456 e. The Labute approximate surface area is 138 Å². The van der Waals surface area contributed by atoms with E-state index < -0.39 is 0 Å². The van der Waals surface area contributed by atoms with Gasteiger partial charge in [-0.1, -0.05) is 24.3 Å². The van der Waals surface area contributed by atoms with E-state index in [2.05, 4.69) is 29.2 Å². The van der Waals surface area contributed by atoms with Crippen LogP contribution in [0.5, 0.6) is 0 Å². The van der Waals surface area contributed by atoms with Crippen molar-refractivity contribution in [2.45, 2.75) is 23.0 Å². The molecule has 0 aromatic heterocycles. The topological polar surface area (TPSA) is 29.5 Å². The Morgan fingerprint density at radius 3 is 2.91 bits per heavy atom. The number of cyclic esters (lactones) is 1. The highest BCUT2D eigenvalue weighted by Crippen LogP contribution is 2.60. The summed E-state index contributed by atoms with van der Waals surface area (Å²) < 4.78 is 5.37. The Hall–Kier alpha value is -1.07. The third kappa shape index (κ3) is 1.69. The smallest absolute Gasteiger partial charge is 0.338 e. The van der Waals surface area contributed by atoms with Crippen molar-refractivity contribution in [2.24, 2.45) is 0 Å². The Balaban J connectivity index is 1.68. The maximum Gasteiger partial charge on any atom is 0.338 e. The van der Waals surface area contributed by atoms with Gasteiger partial charge >= 0.3 is 5.97 Å². The van der Waals surface area contributed by atoms with E-state index in [1.807, 2.05) is 23.5 Å². The van der Waals surface area contributed by atoms with Crippen LogP contribution in [-0.4, -0.2) is 39.6 Å². The number of nitrogens with zero attached hydrogens (tertiary/aromatic N) is 1. The van der Waals surface area contributed by atoms with Crippen molar-refractivity contribution < 1.29 is 9.53 Å². The van der Waals surface area contributed by atoms with Crippen LogP contribution in [0.25, 0.3) is 0 Å². The fourth-order valence-electron chi connectivity index (χ4n) is 4.27. The summed E-state index contributed by atoms with van der Waals surface area (Å²) in [5.74, 6) is 2.18. The van der Waals surface area contributed by atoms with Crippen molar-refractivity contribution in [3.63, 3.8) is 0 Å². The summed E-state index contributed by atoms with van der Waals surface area (Å²) in [6.45, 7) is 1.47. The first-order valence-corrected chi connectivity index (χ1v) is 9.79.